The minimum Gasteiger partial charge on any atom is -0.486 e. The number of rotatable bonds is 7. The highest BCUT2D eigenvalue weighted by Gasteiger charge is 2.24. The summed E-state index contributed by atoms with van der Waals surface area (Å²) in [6, 6.07) is 19.3. The molecule has 3 N–H and O–H groups in total. The summed E-state index contributed by atoms with van der Waals surface area (Å²) in [6.45, 7) is 4.44. The van der Waals surface area contributed by atoms with Crippen LogP contribution in [-0.2, 0) is 12.0 Å². The van der Waals surface area contributed by atoms with Gasteiger partial charge in [-0.25, -0.2) is 10.2 Å². The highest BCUT2D eigenvalue weighted by atomic mass is 35.5. The monoisotopic (exact) mass is 441 g/mol. The number of amides is 3. The van der Waals surface area contributed by atoms with Gasteiger partial charge in [-0.1, -0.05) is 61.8 Å². The van der Waals surface area contributed by atoms with Crippen LogP contribution in [0.15, 0.2) is 71.1 Å². The van der Waals surface area contributed by atoms with E-state index < -0.39 is 17.4 Å². The maximum absolute atomic E-state index is 12.2. The van der Waals surface area contributed by atoms with E-state index >= 15 is 0 Å². The van der Waals surface area contributed by atoms with Gasteiger partial charge in [0.05, 0.1) is 0 Å². The van der Waals surface area contributed by atoms with Crippen LogP contribution in [-0.4, -0.2) is 18.5 Å². The van der Waals surface area contributed by atoms with Crippen molar-refractivity contribution in [3.05, 3.63) is 88.8 Å². The fourth-order valence-electron chi connectivity index (χ4n) is 2.87. The van der Waals surface area contributed by atoms with Crippen molar-refractivity contribution < 1.29 is 18.7 Å². The summed E-state index contributed by atoms with van der Waals surface area (Å²) in [5.74, 6) is 0.665. The Kier molecular flexibility index (Phi) is 7.20. The SMILES string of the molecule is CC(C)(CNC(=O)NNC(=O)c1ccc(COc2ccccc2)o1)c1ccccc1Cl. The molecule has 7 nitrogen and oxygen atoms in total. The van der Waals surface area contributed by atoms with Crippen LogP contribution in [0, 0.1) is 0 Å². The summed E-state index contributed by atoms with van der Waals surface area (Å²) in [5.41, 5.74) is 5.15. The van der Waals surface area contributed by atoms with Crippen molar-refractivity contribution >= 4 is 23.5 Å². The average molecular weight is 442 g/mol. The summed E-state index contributed by atoms with van der Waals surface area (Å²) in [7, 11) is 0. The Morgan fingerprint density at radius 1 is 0.968 bits per heavy atom. The predicted octanol–water partition coefficient (Wildman–Crippen LogP) is 4.43. The van der Waals surface area contributed by atoms with E-state index in [2.05, 4.69) is 16.2 Å². The molecule has 3 aromatic rings. The number of hydrazine groups is 1. The molecule has 8 heteroatoms. The van der Waals surface area contributed by atoms with E-state index in [0.29, 0.717) is 23.1 Å². The molecule has 3 amide bonds. The number of urea groups is 1. The molecule has 0 atom stereocenters. The second kappa shape index (κ2) is 10.0. The summed E-state index contributed by atoms with van der Waals surface area (Å²) in [6.07, 6.45) is 0. The average Bonchev–Trinajstić information content (AvgIpc) is 3.25. The van der Waals surface area contributed by atoms with Gasteiger partial charge >= 0.3 is 11.9 Å². The van der Waals surface area contributed by atoms with Crippen LogP contribution >= 0.6 is 11.6 Å². The quantitative estimate of drug-likeness (QED) is 0.473. The van der Waals surface area contributed by atoms with Gasteiger partial charge in [0.2, 0.25) is 0 Å². The van der Waals surface area contributed by atoms with Crippen molar-refractivity contribution in [2.75, 3.05) is 6.54 Å². The molecule has 31 heavy (non-hydrogen) atoms. The highest BCUT2D eigenvalue weighted by molar-refractivity contribution is 6.31. The molecule has 1 heterocycles. The highest BCUT2D eigenvalue weighted by Crippen LogP contribution is 2.28. The van der Waals surface area contributed by atoms with Crippen molar-refractivity contribution in [1.82, 2.24) is 16.2 Å². The number of halogens is 1. The molecule has 0 saturated carbocycles. The molecular weight excluding hydrogens is 418 g/mol. The number of benzene rings is 2. The number of hydrogen-bond donors (Lipinski definition) is 3. The smallest absolute Gasteiger partial charge is 0.333 e. The molecule has 0 aliphatic heterocycles. The Balaban J connectivity index is 1.44. The van der Waals surface area contributed by atoms with Crippen molar-refractivity contribution in [2.24, 2.45) is 0 Å². The van der Waals surface area contributed by atoms with E-state index in [-0.39, 0.29) is 12.4 Å². The lowest BCUT2D eigenvalue weighted by molar-refractivity contribution is 0.0904. The molecular formula is C23H24ClN3O4. The van der Waals surface area contributed by atoms with Crippen molar-refractivity contribution in [3.63, 3.8) is 0 Å². The van der Waals surface area contributed by atoms with Crippen LogP contribution < -0.4 is 20.9 Å². The number of carbonyl (C=O) groups is 2. The van der Waals surface area contributed by atoms with Gasteiger partial charge in [0, 0.05) is 17.0 Å². The third-order valence-electron chi connectivity index (χ3n) is 4.59. The van der Waals surface area contributed by atoms with Gasteiger partial charge in [0.25, 0.3) is 0 Å². The lowest BCUT2D eigenvalue weighted by atomic mass is 9.84. The van der Waals surface area contributed by atoms with Gasteiger partial charge in [0.1, 0.15) is 18.1 Å². The number of nitrogens with one attached hydrogen (secondary N) is 3. The Hall–Kier alpha value is -3.45. The number of para-hydroxylation sites is 1. The number of ether oxygens (including phenoxy) is 1. The second-order valence-electron chi connectivity index (χ2n) is 7.49. The van der Waals surface area contributed by atoms with Crippen LogP contribution in [0.1, 0.15) is 35.7 Å². The molecule has 2 aromatic carbocycles. The first-order chi connectivity index (χ1) is 14.8. The molecule has 0 aliphatic rings. The normalized spacial score (nSPS) is 10.9. The van der Waals surface area contributed by atoms with Crippen molar-refractivity contribution in [1.29, 1.82) is 0 Å². The third kappa shape index (κ3) is 6.26. The van der Waals surface area contributed by atoms with Gasteiger partial charge < -0.3 is 14.5 Å². The Labute approximate surface area is 185 Å². The lowest BCUT2D eigenvalue weighted by Gasteiger charge is -2.26. The predicted molar refractivity (Wildman–Crippen MR) is 118 cm³/mol. The molecule has 3 rings (SSSR count). The summed E-state index contributed by atoms with van der Waals surface area (Å²) in [5, 5.41) is 3.36. The van der Waals surface area contributed by atoms with Crippen LogP contribution in [0.2, 0.25) is 5.02 Å². The van der Waals surface area contributed by atoms with Crippen LogP contribution in [0.3, 0.4) is 0 Å². The Morgan fingerprint density at radius 2 is 1.68 bits per heavy atom. The molecule has 0 bridgehead atoms. The van der Waals surface area contributed by atoms with Gasteiger partial charge in [0.15, 0.2) is 5.76 Å². The van der Waals surface area contributed by atoms with E-state index in [1.165, 1.54) is 6.07 Å². The minimum absolute atomic E-state index is 0.0587. The standard InChI is InChI=1S/C23H24ClN3O4/c1-23(2,18-10-6-7-11-19(18)24)15-25-22(29)27-26-21(28)20-13-12-17(31-20)14-30-16-8-4-3-5-9-16/h3-13H,14-15H2,1-2H3,(H,26,28)(H2,25,27,29). The van der Waals surface area contributed by atoms with Gasteiger partial charge in [-0.3, -0.25) is 10.2 Å². The number of hydrogen-bond acceptors (Lipinski definition) is 4. The molecule has 0 fully saturated rings. The Bertz CT molecular complexity index is 1030. The first kappa shape index (κ1) is 22.2. The van der Waals surface area contributed by atoms with E-state index in [1.54, 1.807) is 12.1 Å². The first-order valence-electron chi connectivity index (χ1n) is 9.71. The molecule has 0 radical (unpaired) electrons. The van der Waals surface area contributed by atoms with Crippen LogP contribution in [0.5, 0.6) is 5.75 Å². The molecule has 0 unspecified atom stereocenters. The molecule has 0 spiro atoms. The Morgan fingerprint density at radius 3 is 2.42 bits per heavy atom. The van der Waals surface area contributed by atoms with E-state index in [0.717, 1.165) is 5.56 Å². The summed E-state index contributed by atoms with van der Waals surface area (Å²) < 4.78 is 11.0. The zero-order chi connectivity index (χ0) is 22.3. The largest absolute Gasteiger partial charge is 0.486 e. The topological polar surface area (TPSA) is 92.6 Å². The minimum atomic E-state index is -0.577. The summed E-state index contributed by atoms with van der Waals surface area (Å²) in [4.78, 5) is 24.3. The van der Waals surface area contributed by atoms with Crippen molar-refractivity contribution in [3.8, 4) is 5.75 Å². The first-order valence-corrected chi connectivity index (χ1v) is 10.1. The maximum atomic E-state index is 12.2. The van der Waals surface area contributed by atoms with Gasteiger partial charge in [-0.05, 0) is 35.9 Å². The van der Waals surface area contributed by atoms with Crippen LogP contribution in [0.25, 0.3) is 0 Å². The molecule has 1 aromatic heterocycles. The fourth-order valence-corrected chi connectivity index (χ4v) is 3.27. The zero-order valence-electron chi connectivity index (χ0n) is 17.3. The maximum Gasteiger partial charge on any atom is 0.333 e. The second-order valence-corrected chi connectivity index (χ2v) is 7.90. The van der Waals surface area contributed by atoms with Crippen LogP contribution in [0.4, 0.5) is 4.79 Å². The van der Waals surface area contributed by atoms with E-state index in [4.69, 9.17) is 20.8 Å². The zero-order valence-corrected chi connectivity index (χ0v) is 18.0. The number of furan rings is 1. The van der Waals surface area contributed by atoms with E-state index in [9.17, 15) is 9.59 Å². The van der Waals surface area contributed by atoms with Gasteiger partial charge in [-0.15, -0.1) is 0 Å². The fraction of sp³-hybridized carbons (Fsp3) is 0.217. The number of carbonyl (C=O) groups excluding carboxylic acids is 2. The van der Waals surface area contributed by atoms with Crippen molar-refractivity contribution in [2.45, 2.75) is 25.9 Å². The van der Waals surface area contributed by atoms with E-state index in [1.807, 2.05) is 62.4 Å². The van der Waals surface area contributed by atoms with Gasteiger partial charge in [-0.2, -0.15) is 0 Å². The molecule has 162 valence electrons. The third-order valence-corrected chi connectivity index (χ3v) is 4.92. The molecule has 0 aliphatic carbocycles. The molecule has 0 saturated heterocycles. The summed E-state index contributed by atoms with van der Waals surface area (Å²) >= 11 is 6.25. The lowest BCUT2D eigenvalue weighted by Crippen LogP contribution is -2.49.